The fourth-order valence-corrected chi connectivity index (χ4v) is 4.16. The molecular weight excluding hydrogens is 320 g/mol. The Bertz CT molecular complexity index is 435. The van der Waals surface area contributed by atoms with Crippen LogP contribution in [0.2, 0.25) is 0 Å². The first-order valence-electron chi connectivity index (χ1n) is 8.94. The van der Waals surface area contributed by atoms with Crippen LogP contribution in [-0.4, -0.2) is 80.4 Å². The maximum Gasteiger partial charge on any atom is 0.190 e. The molecule has 8 heteroatoms. The summed E-state index contributed by atoms with van der Waals surface area (Å²) in [7, 11) is 0. The quantitative estimate of drug-likeness (QED) is 0.744. The first-order valence-corrected chi connectivity index (χ1v) is 8.94. The second-order valence-electron chi connectivity index (χ2n) is 7.04. The normalized spacial score (nSPS) is 54.6. The Labute approximate surface area is 140 Å². The highest BCUT2D eigenvalue weighted by Gasteiger charge is 2.56. The lowest BCUT2D eigenvalue weighted by atomic mass is 9.98. The molecule has 8 nitrogen and oxygen atoms in total. The number of aliphatic hydroxyl groups is 1. The zero-order valence-electron chi connectivity index (χ0n) is 13.5. The van der Waals surface area contributed by atoms with Crippen LogP contribution in [0.25, 0.3) is 0 Å². The highest BCUT2D eigenvalue weighted by molar-refractivity contribution is 4.96. The van der Waals surface area contributed by atoms with Crippen LogP contribution in [-0.2, 0) is 33.2 Å². The highest BCUT2D eigenvalue weighted by Crippen LogP contribution is 2.38. The zero-order valence-corrected chi connectivity index (χ0v) is 13.5. The molecule has 9 unspecified atom stereocenters. The van der Waals surface area contributed by atoms with E-state index in [4.69, 9.17) is 33.2 Å². The van der Waals surface area contributed by atoms with Crippen molar-refractivity contribution in [1.82, 2.24) is 0 Å². The minimum absolute atomic E-state index is 0.0729. The number of rotatable bonds is 2. The highest BCUT2D eigenvalue weighted by atomic mass is 16.8. The summed E-state index contributed by atoms with van der Waals surface area (Å²) in [5.74, 6) is 0. The van der Waals surface area contributed by atoms with Crippen molar-refractivity contribution in [3.8, 4) is 0 Å². The van der Waals surface area contributed by atoms with E-state index in [1.54, 1.807) is 0 Å². The summed E-state index contributed by atoms with van der Waals surface area (Å²) >= 11 is 0. The Kier molecular flexibility index (Phi) is 4.27. The lowest BCUT2D eigenvalue weighted by molar-refractivity contribution is -0.348. The molecule has 136 valence electrons. The van der Waals surface area contributed by atoms with Crippen LogP contribution in [0.1, 0.15) is 25.7 Å². The summed E-state index contributed by atoms with van der Waals surface area (Å²) < 4.78 is 40.6. The van der Waals surface area contributed by atoms with Crippen LogP contribution in [0, 0.1) is 0 Å². The van der Waals surface area contributed by atoms with Gasteiger partial charge in [-0.2, -0.15) is 0 Å². The van der Waals surface area contributed by atoms with Crippen LogP contribution >= 0.6 is 0 Å². The van der Waals surface area contributed by atoms with Crippen molar-refractivity contribution in [2.75, 3.05) is 19.8 Å². The third-order valence-corrected chi connectivity index (χ3v) is 5.43. The summed E-state index contributed by atoms with van der Waals surface area (Å²) in [5, 5.41) is 10.7. The SMILES string of the molecule is OC1C2OC(C3CCCO3)OCC2OC2OC(C3CCCO3)OC21. The summed E-state index contributed by atoms with van der Waals surface area (Å²) in [6.07, 6.45) is -0.178. The second kappa shape index (κ2) is 6.44. The summed E-state index contributed by atoms with van der Waals surface area (Å²) in [6.45, 7) is 1.80. The van der Waals surface area contributed by atoms with Gasteiger partial charge in [0.05, 0.1) is 6.61 Å². The number of aliphatic hydroxyl groups excluding tert-OH is 1. The van der Waals surface area contributed by atoms with E-state index >= 15 is 0 Å². The van der Waals surface area contributed by atoms with Crippen molar-refractivity contribution in [3.05, 3.63) is 0 Å². The molecule has 9 atom stereocenters. The molecule has 5 heterocycles. The topological polar surface area (TPSA) is 84.8 Å². The molecule has 0 aliphatic carbocycles. The van der Waals surface area contributed by atoms with Gasteiger partial charge < -0.3 is 38.3 Å². The van der Waals surface area contributed by atoms with Crippen LogP contribution in [0.4, 0.5) is 0 Å². The van der Waals surface area contributed by atoms with Crippen molar-refractivity contribution in [2.45, 2.75) is 81.2 Å². The van der Waals surface area contributed by atoms with Crippen molar-refractivity contribution < 1.29 is 38.3 Å². The standard InChI is InChI=1S/C16H24O8/c17-11-12-10(7-20-14(22-12)8-3-1-5-18-8)21-16-13(11)23-15(24-16)9-4-2-6-19-9/h8-17H,1-7H2. The van der Waals surface area contributed by atoms with E-state index in [-0.39, 0.29) is 18.3 Å². The fraction of sp³-hybridized carbons (Fsp3) is 1.00. The van der Waals surface area contributed by atoms with E-state index in [0.29, 0.717) is 6.61 Å². The first kappa shape index (κ1) is 15.9. The molecule has 5 saturated heterocycles. The molecule has 0 aromatic carbocycles. The van der Waals surface area contributed by atoms with Gasteiger partial charge >= 0.3 is 0 Å². The van der Waals surface area contributed by atoms with Gasteiger partial charge in [0.1, 0.15) is 36.6 Å². The van der Waals surface area contributed by atoms with Crippen LogP contribution in [0.5, 0.6) is 0 Å². The molecule has 5 rings (SSSR count). The molecule has 1 N–H and O–H groups in total. The molecule has 0 aromatic rings. The molecule has 0 saturated carbocycles. The predicted octanol–water partition coefficient (Wildman–Crippen LogP) is -0.0868. The van der Waals surface area contributed by atoms with Gasteiger partial charge in [-0.25, -0.2) is 0 Å². The van der Waals surface area contributed by atoms with E-state index in [1.807, 2.05) is 0 Å². The zero-order chi connectivity index (χ0) is 16.1. The minimum atomic E-state index is -0.826. The smallest absolute Gasteiger partial charge is 0.190 e. The van der Waals surface area contributed by atoms with Gasteiger partial charge in [0, 0.05) is 13.2 Å². The Morgan fingerprint density at radius 3 is 2.04 bits per heavy atom. The van der Waals surface area contributed by atoms with Gasteiger partial charge in [-0.15, -0.1) is 0 Å². The Balaban J connectivity index is 1.26. The number of ether oxygens (including phenoxy) is 7. The lowest BCUT2D eigenvalue weighted by Gasteiger charge is -2.45. The molecule has 5 fully saturated rings. The molecule has 24 heavy (non-hydrogen) atoms. The molecule has 0 aromatic heterocycles. The number of fused-ring (bicyclic) bond motifs is 2. The largest absolute Gasteiger partial charge is 0.387 e. The van der Waals surface area contributed by atoms with Crippen LogP contribution in [0.15, 0.2) is 0 Å². The Morgan fingerprint density at radius 2 is 1.33 bits per heavy atom. The second-order valence-corrected chi connectivity index (χ2v) is 7.04. The van der Waals surface area contributed by atoms with Gasteiger partial charge in [0.2, 0.25) is 0 Å². The van der Waals surface area contributed by atoms with Crippen LogP contribution in [0.3, 0.4) is 0 Å². The molecule has 5 aliphatic heterocycles. The van der Waals surface area contributed by atoms with E-state index < -0.39 is 37.2 Å². The third-order valence-electron chi connectivity index (χ3n) is 5.43. The van der Waals surface area contributed by atoms with Gasteiger partial charge in [-0.3, -0.25) is 0 Å². The van der Waals surface area contributed by atoms with Crippen molar-refractivity contribution in [2.24, 2.45) is 0 Å². The first-order chi connectivity index (χ1) is 11.8. The summed E-state index contributed by atoms with van der Waals surface area (Å²) in [6, 6.07) is 0. The van der Waals surface area contributed by atoms with E-state index in [9.17, 15) is 5.11 Å². The molecule has 5 aliphatic rings. The van der Waals surface area contributed by atoms with Crippen LogP contribution < -0.4 is 0 Å². The average molecular weight is 344 g/mol. The van der Waals surface area contributed by atoms with Crippen molar-refractivity contribution in [3.63, 3.8) is 0 Å². The fourth-order valence-electron chi connectivity index (χ4n) is 4.16. The van der Waals surface area contributed by atoms with Gasteiger partial charge in [0.15, 0.2) is 18.9 Å². The van der Waals surface area contributed by atoms with E-state index in [0.717, 1.165) is 38.9 Å². The van der Waals surface area contributed by atoms with Gasteiger partial charge in [-0.05, 0) is 25.7 Å². The van der Waals surface area contributed by atoms with Crippen molar-refractivity contribution >= 4 is 0 Å². The van der Waals surface area contributed by atoms with Gasteiger partial charge in [-0.1, -0.05) is 0 Å². The molecule has 0 spiro atoms. The number of hydrogen-bond donors (Lipinski definition) is 1. The number of hydrogen-bond acceptors (Lipinski definition) is 8. The van der Waals surface area contributed by atoms with E-state index in [2.05, 4.69) is 0 Å². The molecule has 0 radical (unpaired) electrons. The molecular formula is C16H24O8. The summed E-state index contributed by atoms with van der Waals surface area (Å²) in [4.78, 5) is 0. The minimum Gasteiger partial charge on any atom is -0.387 e. The molecule has 0 amide bonds. The Hall–Kier alpha value is -0.320. The predicted molar refractivity (Wildman–Crippen MR) is 77.0 cm³/mol. The van der Waals surface area contributed by atoms with Crippen molar-refractivity contribution in [1.29, 1.82) is 0 Å². The maximum atomic E-state index is 10.7. The third kappa shape index (κ3) is 2.69. The van der Waals surface area contributed by atoms with E-state index in [1.165, 1.54) is 0 Å². The maximum absolute atomic E-state index is 10.7. The lowest BCUT2D eigenvalue weighted by Crippen LogP contribution is -2.63. The summed E-state index contributed by atoms with van der Waals surface area (Å²) in [5.41, 5.74) is 0. The van der Waals surface area contributed by atoms with Gasteiger partial charge in [0.25, 0.3) is 0 Å². The Morgan fingerprint density at radius 1 is 0.625 bits per heavy atom. The average Bonchev–Trinajstić information content (AvgIpc) is 3.34. The monoisotopic (exact) mass is 344 g/mol. The molecule has 0 bridgehead atoms.